The van der Waals surface area contributed by atoms with E-state index in [-0.39, 0.29) is 23.0 Å². The number of carbonyl (C=O) groups excluding carboxylic acids is 2. The van der Waals surface area contributed by atoms with Crippen molar-refractivity contribution >= 4 is 34.5 Å². The van der Waals surface area contributed by atoms with Gasteiger partial charge in [0.05, 0.1) is 11.6 Å². The number of carbonyl (C=O) groups is 2. The molecule has 154 valence electrons. The van der Waals surface area contributed by atoms with Crippen molar-refractivity contribution in [1.82, 2.24) is 14.9 Å². The van der Waals surface area contributed by atoms with Gasteiger partial charge in [0.25, 0.3) is 5.91 Å². The summed E-state index contributed by atoms with van der Waals surface area (Å²) in [5.74, 6) is -0.203. The summed E-state index contributed by atoms with van der Waals surface area (Å²) in [6.07, 6.45) is 2.08. The van der Waals surface area contributed by atoms with Crippen LogP contribution in [0.15, 0.2) is 23.9 Å². The minimum atomic E-state index is -0.588. The van der Waals surface area contributed by atoms with Gasteiger partial charge in [0.1, 0.15) is 23.6 Å². The number of nitrogens with two attached hydrogens (primary N) is 2. The highest BCUT2D eigenvalue weighted by molar-refractivity contribution is 6.08. The lowest BCUT2D eigenvalue weighted by Crippen LogP contribution is -2.30. The topological polar surface area (TPSA) is 161 Å². The second kappa shape index (κ2) is 8.31. The summed E-state index contributed by atoms with van der Waals surface area (Å²) in [7, 11) is 0. The second-order valence-corrected chi connectivity index (χ2v) is 6.78. The van der Waals surface area contributed by atoms with E-state index in [2.05, 4.69) is 15.6 Å². The van der Waals surface area contributed by atoms with Gasteiger partial charge in [-0.15, -0.1) is 0 Å². The minimum Gasteiger partial charge on any atom is -0.489 e. The Morgan fingerprint density at radius 2 is 2.21 bits per heavy atom. The van der Waals surface area contributed by atoms with E-state index >= 15 is 0 Å². The molecule has 2 aromatic rings. The standard InChI is InChI=1S/C19H25N7O3/c1-3-23-14(6-10(2)21)18(28)25-19-24-13-7-11(17(22)27)8-15-16(13)26(19)12(4-5-20)9-29-15/h6-8,12,21,23H,3-5,9,20H2,1-2H3,(H2,22,27)(H,24,25,28)/b14-6-,21-10?/t12-/m0/s1. The molecule has 3 rings (SSSR count). The van der Waals surface area contributed by atoms with Crippen LogP contribution in [0.5, 0.6) is 5.75 Å². The number of imidazole rings is 1. The third kappa shape index (κ3) is 4.06. The van der Waals surface area contributed by atoms with Crippen LogP contribution in [0.25, 0.3) is 11.0 Å². The Morgan fingerprint density at radius 1 is 1.45 bits per heavy atom. The molecule has 1 atom stereocenters. The Kier molecular flexibility index (Phi) is 5.83. The quantitative estimate of drug-likeness (QED) is 0.327. The van der Waals surface area contributed by atoms with Crippen LogP contribution in [0, 0.1) is 5.41 Å². The van der Waals surface area contributed by atoms with Crippen molar-refractivity contribution in [3.63, 3.8) is 0 Å². The van der Waals surface area contributed by atoms with Crippen LogP contribution < -0.4 is 26.8 Å². The van der Waals surface area contributed by atoms with E-state index in [1.807, 2.05) is 11.5 Å². The van der Waals surface area contributed by atoms with E-state index in [9.17, 15) is 9.59 Å². The summed E-state index contributed by atoms with van der Waals surface area (Å²) >= 11 is 0. The van der Waals surface area contributed by atoms with Crippen molar-refractivity contribution in [3.8, 4) is 5.75 Å². The predicted molar refractivity (Wildman–Crippen MR) is 110 cm³/mol. The van der Waals surface area contributed by atoms with Crippen molar-refractivity contribution in [2.75, 3.05) is 25.0 Å². The minimum absolute atomic E-state index is 0.122. The number of rotatable bonds is 8. The summed E-state index contributed by atoms with van der Waals surface area (Å²) in [4.78, 5) is 29.0. The first kappa shape index (κ1) is 20.3. The van der Waals surface area contributed by atoms with E-state index in [4.69, 9.17) is 21.6 Å². The van der Waals surface area contributed by atoms with Gasteiger partial charge >= 0.3 is 0 Å². The first-order valence-electron chi connectivity index (χ1n) is 9.36. The fraction of sp³-hybridized carbons (Fsp3) is 0.368. The van der Waals surface area contributed by atoms with Crippen LogP contribution in [-0.2, 0) is 4.79 Å². The number of anilines is 1. The van der Waals surface area contributed by atoms with Gasteiger partial charge in [-0.2, -0.15) is 0 Å². The zero-order valence-electron chi connectivity index (χ0n) is 16.4. The Balaban J connectivity index is 2.09. The SMILES string of the molecule is CCN/C(=C\C(C)=N)C(=O)Nc1nc2cc(C(N)=O)cc3c2n1[C@@H](CCN)CO3. The van der Waals surface area contributed by atoms with Crippen molar-refractivity contribution in [2.24, 2.45) is 11.5 Å². The number of benzene rings is 1. The van der Waals surface area contributed by atoms with Gasteiger partial charge < -0.3 is 31.5 Å². The van der Waals surface area contributed by atoms with Gasteiger partial charge in [-0.3, -0.25) is 14.9 Å². The molecule has 2 amide bonds. The molecule has 1 aliphatic rings. The molecule has 0 saturated heterocycles. The zero-order chi connectivity index (χ0) is 21.1. The van der Waals surface area contributed by atoms with Crippen LogP contribution in [0.4, 0.5) is 5.95 Å². The lowest BCUT2D eigenvalue weighted by atomic mass is 10.1. The largest absolute Gasteiger partial charge is 0.489 e. The number of amides is 2. The number of hydrogen-bond acceptors (Lipinski definition) is 7. The number of primary amides is 1. The Bertz CT molecular complexity index is 1010. The molecule has 0 bridgehead atoms. The molecular formula is C19H25N7O3. The van der Waals surface area contributed by atoms with Gasteiger partial charge in [-0.25, -0.2) is 4.98 Å². The maximum atomic E-state index is 12.8. The first-order chi connectivity index (χ1) is 13.8. The number of nitrogens with one attached hydrogen (secondary N) is 3. The molecule has 0 saturated carbocycles. The van der Waals surface area contributed by atoms with E-state index in [1.54, 1.807) is 19.1 Å². The van der Waals surface area contributed by atoms with Crippen molar-refractivity contribution in [3.05, 3.63) is 29.5 Å². The summed E-state index contributed by atoms with van der Waals surface area (Å²) in [6.45, 7) is 4.74. The number of aromatic nitrogens is 2. The average Bonchev–Trinajstić information content (AvgIpc) is 3.02. The van der Waals surface area contributed by atoms with Gasteiger partial charge in [-0.05, 0) is 45.0 Å². The van der Waals surface area contributed by atoms with Gasteiger partial charge in [0, 0.05) is 17.8 Å². The third-order valence-corrected chi connectivity index (χ3v) is 4.53. The van der Waals surface area contributed by atoms with E-state index in [0.29, 0.717) is 48.8 Å². The Hall–Kier alpha value is -3.40. The van der Waals surface area contributed by atoms with Crippen molar-refractivity contribution < 1.29 is 14.3 Å². The predicted octanol–water partition coefficient (Wildman–Crippen LogP) is 0.889. The number of nitrogens with zero attached hydrogens (tertiary/aromatic N) is 2. The highest BCUT2D eigenvalue weighted by atomic mass is 16.5. The summed E-state index contributed by atoms with van der Waals surface area (Å²) in [6, 6.07) is 3.03. The monoisotopic (exact) mass is 399 g/mol. The molecule has 0 radical (unpaired) electrons. The van der Waals surface area contributed by atoms with Gasteiger partial charge in [0.2, 0.25) is 11.9 Å². The molecule has 0 unspecified atom stereocenters. The van der Waals surface area contributed by atoms with Crippen LogP contribution in [0.2, 0.25) is 0 Å². The maximum Gasteiger partial charge on any atom is 0.274 e. The smallest absolute Gasteiger partial charge is 0.274 e. The number of ether oxygens (including phenoxy) is 1. The van der Waals surface area contributed by atoms with Gasteiger partial charge in [-0.1, -0.05) is 0 Å². The van der Waals surface area contributed by atoms with Crippen LogP contribution in [0.3, 0.4) is 0 Å². The average molecular weight is 399 g/mol. The highest BCUT2D eigenvalue weighted by Gasteiger charge is 2.28. The fourth-order valence-corrected chi connectivity index (χ4v) is 3.33. The van der Waals surface area contributed by atoms with Crippen LogP contribution in [-0.4, -0.2) is 46.8 Å². The third-order valence-electron chi connectivity index (χ3n) is 4.53. The number of allylic oxidation sites excluding steroid dienone is 1. The summed E-state index contributed by atoms with van der Waals surface area (Å²) in [5.41, 5.74) is 13.1. The van der Waals surface area contributed by atoms with Crippen LogP contribution >= 0.6 is 0 Å². The summed E-state index contributed by atoms with van der Waals surface area (Å²) < 4.78 is 7.70. The molecule has 0 spiro atoms. The Morgan fingerprint density at radius 3 is 2.83 bits per heavy atom. The van der Waals surface area contributed by atoms with E-state index in [1.165, 1.54) is 6.08 Å². The molecule has 1 aromatic carbocycles. The number of hydrogen-bond donors (Lipinski definition) is 5. The normalized spacial score (nSPS) is 15.7. The Labute approximate surface area is 167 Å². The molecule has 10 heteroatoms. The number of likely N-dealkylation sites (N-methyl/N-ethyl adjacent to an activating group) is 1. The molecule has 1 aromatic heterocycles. The van der Waals surface area contributed by atoms with E-state index < -0.39 is 11.8 Å². The van der Waals surface area contributed by atoms with Gasteiger partial charge in [0.15, 0.2) is 0 Å². The molecule has 0 aliphatic carbocycles. The molecule has 2 heterocycles. The molecule has 0 fully saturated rings. The molecule has 1 aliphatic heterocycles. The zero-order valence-corrected chi connectivity index (χ0v) is 16.4. The highest BCUT2D eigenvalue weighted by Crippen LogP contribution is 2.38. The molecule has 10 nitrogen and oxygen atoms in total. The lowest BCUT2D eigenvalue weighted by molar-refractivity contribution is -0.113. The first-order valence-corrected chi connectivity index (χ1v) is 9.36. The lowest BCUT2D eigenvalue weighted by Gasteiger charge is -2.27. The molecular weight excluding hydrogens is 374 g/mol. The molecule has 29 heavy (non-hydrogen) atoms. The maximum absolute atomic E-state index is 12.8. The molecule has 7 N–H and O–H groups in total. The van der Waals surface area contributed by atoms with Crippen molar-refractivity contribution in [1.29, 1.82) is 5.41 Å². The fourth-order valence-electron chi connectivity index (χ4n) is 3.33. The van der Waals surface area contributed by atoms with E-state index in [0.717, 1.165) is 0 Å². The summed E-state index contributed by atoms with van der Waals surface area (Å²) in [5, 5.41) is 13.4. The second-order valence-electron chi connectivity index (χ2n) is 6.78. The van der Waals surface area contributed by atoms with Crippen LogP contribution in [0.1, 0.15) is 36.7 Å². The van der Waals surface area contributed by atoms with Crippen molar-refractivity contribution in [2.45, 2.75) is 26.3 Å².